The van der Waals surface area contributed by atoms with Crippen molar-refractivity contribution in [1.82, 2.24) is 5.32 Å². The van der Waals surface area contributed by atoms with E-state index in [-0.39, 0.29) is 11.6 Å². The van der Waals surface area contributed by atoms with Crippen molar-refractivity contribution in [2.24, 2.45) is 5.92 Å². The van der Waals surface area contributed by atoms with Crippen LogP contribution in [-0.2, 0) is 22.4 Å². The summed E-state index contributed by atoms with van der Waals surface area (Å²) < 4.78 is 5.34. The normalized spacial score (nSPS) is 14.4. The van der Waals surface area contributed by atoms with Crippen molar-refractivity contribution in [2.45, 2.75) is 36.3 Å². The summed E-state index contributed by atoms with van der Waals surface area (Å²) in [5.74, 6) is -0.0453. The van der Waals surface area contributed by atoms with Crippen LogP contribution in [0.25, 0.3) is 6.08 Å². The number of carbonyl (C=O) groups is 3. The summed E-state index contributed by atoms with van der Waals surface area (Å²) >= 11 is 2.84. The fourth-order valence-corrected chi connectivity index (χ4v) is 8.30. The molecule has 3 amide bonds. The number of carbonyl (C=O) groups excluding carboxylic acids is 3. The summed E-state index contributed by atoms with van der Waals surface area (Å²) in [5.41, 5.74) is 4.01. The number of nitrogens with one attached hydrogen (secondary N) is 3. The molecule has 1 aliphatic rings. The number of hydrogen-bond acceptors (Lipinski definition) is 7. The van der Waals surface area contributed by atoms with Gasteiger partial charge in [-0.3, -0.25) is 14.4 Å². The highest BCUT2D eigenvalue weighted by atomic mass is 32.2. The van der Waals surface area contributed by atoms with Crippen LogP contribution in [0.5, 0.6) is 5.75 Å². The number of anilines is 2. The van der Waals surface area contributed by atoms with Crippen molar-refractivity contribution >= 4 is 57.6 Å². The predicted octanol–water partition coefficient (Wildman–Crippen LogP) is 8.63. The Kier molecular flexibility index (Phi) is 11.3. The van der Waals surface area contributed by atoms with Gasteiger partial charge < -0.3 is 20.7 Å². The zero-order chi connectivity index (χ0) is 35.7. The van der Waals surface area contributed by atoms with Gasteiger partial charge in [0, 0.05) is 21.0 Å². The molecule has 2 atom stereocenters. The average molecular weight is 713 g/mol. The molecule has 6 rings (SSSR count). The molecule has 4 aromatic carbocycles. The minimum absolute atomic E-state index is 0.0398. The van der Waals surface area contributed by atoms with Gasteiger partial charge in [0.25, 0.3) is 11.8 Å². The van der Waals surface area contributed by atoms with Crippen molar-refractivity contribution in [3.63, 3.8) is 0 Å². The third-order valence-corrected chi connectivity index (χ3v) is 10.9. The lowest BCUT2D eigenvalue weighted by atomic mass is 9.88. The number of hydrogen-bond donors (Lipinski definition) is 3. The van der Waals surface area contributed by atoms with Gasteiger partial charge in [-0.05, 0) is 90.4 Å². The van der Waals surface area contributed by atoms with Crippen LogP contribution in [0.2, 0.25) is 0 Å². The van der Waals surface area contributed by atoms with E-state index in [2.05, 4.69) is 28.9 Å². The van der Waals surface area contributed by atoms with E-state index in [0.717, 1.165) is 35.3 Å². The Balaban J connectivity index is 1.24. The zero-order valence-corrected chi connectivity index (χ0v) is 29.8. The van der Waals surface area contributed by atoms with Crippen LogP contribution in [-0.4, -0.2) is 24.8 Å². The number of nitrogens with zero attached hydrogens (tertiary/aromatic N) is 1. The first-order valence-corrected chi connectivity index (χ1v) is 18.2. The van der Waals surface area contributed by atoms with Gasteiger partial charge >= 0.3 is 0 Å². The summed E-state index contributed by atoms with van der Waals surface area (Å²) in [5, 5.41) is 18.7. The summed E-state index contributed by atoms with van der Waals surface area (Å²) in [7, 11) is 1.56. The Bertz CT molecular complexity index is 2120. The summed E-state index contributed by atoms with van der Waals surface area (Å²) in [6, 6.07) is 34.9. The van der Waals surface area contributed by atoms with Crippen molar-refractivity contribution in [3.8, 4) is 11.8 Å². The van der Waals surface area contributed by atoms with E-state index in [1.165, 1.54) is 28.0 Å². The number of thiophene rings is 1. The number of rotatable bonds is 11. The maximum Gasteiger partial charge on any atom is 0.272 e. The van der Waals surface area contributed by atoms with Gasteiger partial charge in [-0.15, -0.1) is 23.1 Å². The first kappa shape index (κ1) is 35.2. The van der Waals surface area contributed by atoms with E-state index < -0.39 is 17.1 Å². The van der Waals surface area contributed by atoms with E-state index in [9.17, 15) is 19.6 Å². The zero-order valence-electron chi connectivity index (χ0n) is 28.1. The van der Waals surface area contributed by atoms with E-state index in [1.807, 2.05) is 48.5 Å². The molecule has 1 aliphatic carbocycles. The minimum Gasteiger partial charge on any atom is -0.497 e. The average Bonchev–Trinajstić information content (AvgIpc) is 3.50. The second-order valence-electron chi connectivity index (χ2n) is 12.2. The highest BCUT2D eigenvalue weighted by Gasteiger charge is 2.28. The number of ether oxygens (including phenoxy) is 1. The lowest BCUT2D eigenvalue weighted by Crippen LogP contribution is -2.30. The van der Waals surface area contributed by atoms with Gasteiger partial charge in [-0.1, -0.05) is 73.7 Å². The molecule has 10 heteroatoms. The van der Waals surface area contributed by atoms with Gasteiger partial charge in [-0.2, -0.15) is 5.26 Å². The maximum atomic E-state index is 14.0. The van der Waals surface area contributed by atoms with Crippen molar-refractivity contribution in [1.29, 1.82) is 5.26 Å². The van der Waals surface area contributed by atoms with Gasteiger partial charge in [0.05, 0.1) is 12.7 Å². The van der Waals surface area contributed by atoms with Crippen molar-refractivity contribution in [3.05, 3.63) is 148 Å². The van der Waals surface area contributed by atoms with Crippen LogP contribution in [0.4, 0.5) is 10.7 Å². The molecule has 0 saturated heterocycles. The minimum atomic E-state index is -0.643. The van der Waals surface area contributed by atoms with Crippen LogP contribution in [0.1, 0.15) is 56.1 Å². The highest BCUT2D eigenvalue weighted by molar-refractivity contribution is 8.00. The SMILES string of the molecule is COc1cccc(/C=C(\NC(=O)c2ccccc2)C(=O)Nc2cccc(SC(C(=O)Nc3sc4c(c3C#N)CCC(C)C4)c3ccccc3)c2)c1. The molecular weight excluding hydrogens is 677 g/mol. The lowest BCUT2D eigenvalue weighted by molar-refractivity contribution is -0.116. The van der Waals surface area contributed by atoms with Gasteiger partial charge in [0.15, 0.2) is 0 Å². The topological polar surface area (TPSA) is 120 Å². The second-order valence-corrected chi connectivity index (χ2v) is 14.5. The van der Waals surface area contributed by atoms with E-state index in [0.29, 0.717) is 39.0 Å². The fourth-order valence-electron chi connectivity index (χ4n) is 5.86. The molecule has 0 bridgehead atoms. The fraction of sp³-hybridized carbons (Fsp3) is 0.171. The Hall–Kier alpha value is -5.63. The van der Waals surface area contributed by atoms with Crippen LogP contribution >= 0.6 is 23.1 Å². The Morgan fingerprint density at radius 1 is 0.941 bits per heavy atom. The third-order valence-electron chi connectivity index (χ3n) is 8.48. The molecule has 0 saturated carbocycles. The molecule has 1 aromatic heterocycles. The highest BCUT2D eigenvalue weighted by Crippen LogP contribution is 2.42. The Morgan fingerprint density at radius 2 is 1.69 bits per heavy atom. The van der Waals surface area contributed by atoms with Crippen LogP contribution in [0.3, 0.4) is 0 Å². The smallest absolute Gasteiger partial charge is 0.272 e. The number of methoxy groups -OCH3 is 1. The molecule has 8 nitrogen and oxygen atoms in total. The quantitative estimate of drug-likeness (QED) is 0.0932. The molecule has 0 spiro atoms. The van der Waals surface area contributed by atoms with Crippen molar-refractivity contribution in [2.75, 3.05) is 17.7 Å². The molecule has 256 valence electrons. The first-order valence-electron chi connectivity index (χ1n) is 16.5. The molecule has 0 radical (unpaired) electrons. The number of benzene rings is 4. The predicted molar refractivity (Wildman–Crippen MR) is 204 cm³/mol. The van der Waals surface area contributed by atoms with E-state index in [1.54, 1.807) is 73.8 Å². The summed E-state index contributed by atoms with van der Waals surface area (Å²) in [4.78, 5) is 42.8. The monoisotopic (exact) mass is 712 g/mol. The van der Waals surface area contributed by atoms with Crippen LogP contribution in [0.15, 0.2) is 120 Å². The molecular formula is C41H36N4O4S2. The van der Waals surface area contributed by atoms with Crippen LogP contribution in [0, 0.1) is 17.2 Å². The molecule has 0 fully saturated rings. The van der Waals surface area contributed by atoms with Crippen LogP contribution < -0.4 is 20.7 Å². The standard InChI is InChI=1S/C41H36N4O4S2/c1-26-19-20-33-34(25-42)41(51-36(33)21-26)45-40(48)37(28-12-5-3-6-13-28)50-32-18-10-16-30(24-32)43-39(47)35(23-27-11-9-17-31(22-27)49-2)44-38(46)29-14-7-4-8-15-29/h3-18,22-24,26,37H,19-21H2,1-2H3,(H,43,47)(H,44,46)(H,45,48)/b35-23-. The molecule has 5 aromatic rings. The maximum absolute atomic E-state index is 14.0. The molecule has 51 heavy (non-hydrogen) atoms. The Labute approximate surface area is 305 Å². The number of thioether (sulfide) groups is 1. The van der Waals surface area contributed by atoms with Gasteiger partial charge in [-0.25, -0.2) is 0 Å². The molecule has 3 N–H and O–H groups in total. The summed E-state index contributed by atoms with van der Waals surface area (Å²) in [6.07, 6.45) is 4.37. The third kappa shape index (κ3) is 8.76. The lowest BCUT2D eigenvalue weighted by Gasteiger charge is -2.18. The van der Waals surface area contributed by atoms with Crippen molar-refractivity contribution < 1.29 is 19.1 Å². The second kappa shape index (κ2) is 16.4. The largest absolute Gasteiger partial charge is 0.497 e. The van der Waals surface area contributed by atoms with Gasteiger partial charge in [0.1, 0.15) is 27.8 Å². The Morgan fingerprint density at radius 3 is 2.43 bits per heavy atom. The van der Waals surface area contributed by atoms with Gasteiger partial charge in [0.2, 0.25) is 5.91 Å². The van der Waals surface area contributed by atoms with E-state index in [4.69, 9.17) is 4.74 Å². The number of nitriles is 1. The molecule has 0 aliphatic heterocycles. The first-order chi connectivity index (χ1) is 24.8. The molecule has 2 unspecified atom stereocenters. The number of amides is 3. The number of fused-ring (bicyclic) bond motifs is 1. The molecule has 1 heterocycles. The summed E-state index contributed by atoms with van der Waals surface area (Å²) in [6.45, 7) is 2.21. The van der Waals surface area contributed by atoms with E-state index >= 15 is 0 Å².